The van der Waals surface area contributed by atoms with Crippen LogP contribution in [0.4, 0.5) is 0 Å². The van der Waals surface area contributed by atoms with Crippen LogP contribution in [0, 0.1) is 0 Å². The molecule has 0 saturated carbocycles. The second-order valence-corrected chi connectivity index (χ2v) is 5.83. The zero-order chi connectivity index (χ0) is 15.2. The Labute approximate surface area is 120 Å². The second kappa shape index (κ2) is 7.24. The summed E-state index contributed by atoms with van der Waals surface area (Å²) in [6, 6.07) is 5.55. The van der Waals surface area contributed by atoms with Crippen LogP contribution < -0.4 is 10.1 Å². The lowest BCUT2D eigenvalue weighted by Crippen LogP contribution is -2.30. The predicted octanol–water partition coefficient (Wildman–Crippen LogP) is 1.69. The van der Waals surface area contributed by atoms with Gasteiger partial charge in [0.25, 0.3) is 0 Å². The fourth-order valence-corrected chi connectivity index (χ4v) is 1.56. The third-order valence-electron chi connectivity index (χ3n) is 2.39. The monoisotopic (exact) mass is 280 g/mol. The average molecular weight is 280 g/mol. The number of aryl methyl sites for hydroxylation is 1. The van der Waals surface area contributed by atoms with E-state index in [2.05, 4.69) is 10.3 Å². The zero-order valence-corrected chi connectivity index (χ0v) is 12.6. The van der Waals surface area contributed by atoms with Crippen molar-refractivity contribution < 1.29 is 14.6 Å². The molecular weight excluding hydrogens is 256 g/mol. The van der Waals surface area contributed by atoms with E-state index in [4.69, 9.17) is 9.84 Å². The van der Waals surface area contributed by atoms with Crippen molar-refractivity contribution in [3.63, 3.8) is 0 Å². The summed E-state index contributed by atoms with van der Waals surface area (Å²) in [7, 11) is 0. The third kappa shape index (κ3) is 7.09. The Bertz CT molecular complexity index is 439. The van der Waals surface area contributed by atoms with Gasteiger partial charge in [-0.15, -0.1) is 0 Å². The first kappa shape index (κ1) is 16.4. The highest BCUT2D eigenvalue weighted by Crippen LogP contribution is 2.16. The largest absolute Gasteiger partial charge is 0.472 e. The number of aromatic nitrogens is 1. The molecule has 0 aliphatic rings. The minimum atomic E-state index is -0.527. The molecule has 1 heterocycles. The number of carbonyl (C=O) groups excluding carboxylic acids is 1. The van der Waals surface area contributed by atoms with E-state index >= 15 is 0 Å². The summed E-state index contributed by atoms with van der Waals surface area (Å²) in [6.45, 7) is 7.80. The molecule has 1 aromatic heterocycles. The summed E-state index contributed by atoms with van der Waals surface area (Å²) in [5.41, 5.74) is 0.527. The van der Waals surface area contributed by atoms with E-state index in [1.165, 1.54) is 0 Å². The summed E-state index contributed by atoms with van der Waals surface area (Å²) in [5, 5.41) is 11.7. The van der Waals surface area contributed by atoms with E-state index in [0.29, 0.717) is 18.7 Å². The van der Waals surface area contributed by atoms with Gasteiger partial charge in [0.05, 0.1) is 6.10 Å². The minimum Gasteiger partial charge on any atom is -0.472 e. The topological polar surface area (TPSA) is 71.5 Å². The lowest BCUT2D eigenvalue weighted by Gasteiger charge is -2.20. The maximum absolute atomic E-state index is 11.6. The highest BCUT2D eigenvalue weighted by Gasteiger charge is 2.13. The van der Waals surface area contributed by atoms with Crippen molar-refractivity contribution in [3.05, 3.63) is 23.9 Å². The summed E-state index contributed by atoms with van der Waals surface area (Å²) < 4.78 is 5.68. The number of nitrogens with one attached hydrogen (secondary N) is 1. The number of ether oxygens (including phenoxy) is 1. The first-order valence-electron chi connectivity index (χ1n) is 6.86. The predicted molar refractivity (Wildman–Crippen MR) is 77.6 cm³/mol. The Balaban J connectivity index is 2.48. The summed E-state index contributed by atoms with van der Waals surface area (Å²) in [4.78, 5) is 15.9. The average Bonchev–Trinajstić information content (AvgIpc) is 2.32. The van der Waals surface area contributed by atoms with Crippen LogP contribution in [0.25, 0.3) is 0 Å². The van der Waals surface area contributed by atoms with Crippen LogP contribution in [-0.4, -0.2) is 34.2 Å². The molecule has 0 saturated heterocycles. The van der Waals surface area contributed by atoms with Crippen molar-refractivity contribution in [1.82, 2.24) is 10.3 Å². The first-order valence-corrected chi connectivity index (χ1v) is 6.86. The molecule has 0 spiro atoms. The van der Waals surface area contributed by atoms with Gasteiger partial charge in [-0.2, -0.15) is 0 Å². The molecule has 1 aromatic rings. The highest BCUT2D eigenvalue weighted by atomic mass is 16.5. The number of aliphatic hydroxyl groups excluding tert-OH is 1. The van der Waals surface area contributed by atoms with Gasteiger partial charge >= 0.3 is 0 Å². The molecule has 0 bridgehead atoms. The van der Waals surface area contributed by atoms with E-state index in [9.17, 15) is 4.79 Å². The van der Waals surface area contributed by atoms with Gasteiger partial charge in [0.15, 0.2) is 0 Å². The van der Waals surface area contributed by atoms with Gasteiger partial charge in [-0.05, 0) is 40.2 Å². The number of amides is 1. The molecule has 1 rings (SSSR count). The Morgan fingerprint density at radius 1 is 1.45 bits per heavy atom. The van der Waals surface area contributed by atoms with E-state index in [1.807, 2.05) is 39.0 Å². The SMILES string of the molecule is CC(O)CNC(=O)CCc1cccc(OC(C)(C)C)n1. The Morgan fingerprint density at radius 2 is 2.15 bits per heavy atom. The van der Waals surface area contributed by atoms with Crippen LogP contribution in [0.15, 0.2) is 18.2 Å². The van der Waals surface area contributed by atoms with Crippen molar-refractivity contribution >= 4 is 5.91 Å². The van der Waals surface area contributed by atoms with E-state index < -0.39 is 6.10 Å². The molecule has 2 N–H and O–H groups in total. The zero-order valence-electron chi connectivity index (χ0n) is 12.6. The maximum Gasteiger partial charge on any atom is 0.220 e. The smallest absolute Gasteiger partial charge is 0.220 e. The molecule has 112 valence electrons. The lowest BCUT2D eigenvalue weighted by atomic mass is 10.2. The van der Waals surface area contributed by atoms with Gasteiger partial charge in [0.1, 0.15) is 5.60 Å². The van der Waals surface area contributed by atoms with E-state index in [0.717, 1.165) is 5.69 Å². The minimum absolute atomic E-state index is 0.0881. The molecule has 0 radical (unpaired) electrons. The number of pyridine rings is 1. The molecule has 1 atom stereocenters. The third-order valence-corrected chi connectivity index (χ3v) is 2.39. The molecule has 0 aliphatic carbocycles. The van der Waals surface area contributed by atoms with Gasteiger partial charge in [-0.25, -0.2) is 4.98 Å². The molecule has 20 heavy (non-hydrogen) atoms. The molecule has 0 fully saturated rings. The van der Waals surface area contributed by atoms with Crippen LogP contribution in [0.2, 0.25) is 0 Å². The van der Waals surface area contributed by atoms with Crippen LogP contribution in [0.5, 0.6) is 5.88 Å². The van der Waals surface area contributed by atoms with Crippen LogP contribution in [-0.2, 0) is 11.2 Å². The fourth-order valence-electron chi connectivity index (χ4n) is 1.56. The number of carbonyl (C=O) groups is 1. The lowest BCUT2D eigenvalue weighted by molar-refractivity contribution is -0.121. The van der Waals surface area contributed by atoms with Crippen LogP contribution in [0.3, 0.4) is 0 Å². The van der Waals surface area contributed by atoms with Crippen molar-refractivity contribution in [1.29, 1.82) is 0 Å². The van der Waals surface area contributed by atoms with E-state index in [1.54, 1.807) is 6.92 Å². The molecule has 5 nitrogen and oxygen atoms in total. The molecule has 0 aliphatic heterocycles. The molecule has 1 unspecified atom stereocenters. The quantitative estimate of drug-likeness (QED) is 0.832. The fraction of sp³-hybridized carbons (Fsp3) is 0.600. The van der Waals surface area contributed by atoms with Crippen molar-refractivity contribution in [2.75, 3.05) is 6.54 Å². The number of nitrogens with zero attached hydrogens (tertiary/aromatic N) is 1. The van der Waals surface area contributed by atoms with Crippen LogP contribution >= 0.6 is 0 Å². The Morgan fingerprint density at radius 3 is 2.75 bits per heavy atom. The number of hydrogen-bond acceptors (Lipinski definition) is 4. The molecule has 1 amide bonds. The molecular formula is C15H24N2O3. The standard InChI is InChI=1S/C15H24N2O3/c1-11(18)10-16-13(19)9-8-12-6-5-7-14(17-12)20-15(2,3)4/h5-7,11,18H,8-10H2,1-4H3,(H,16,19). The van der Waals surface area contributed by atoms with Gasteiger partial charge < -0.3 is 15.2 Å². The highest BCUT2D eigenvalue weighted by molar-refractivity contribution is 5.76. The number of aliphatic hydroxyl groups is 1. The molecule has 5 heteroatoms. The Kier molecular flexibility index (Phi) is 5.95. The summed E-state index contributed by atoms with van der Waals surface area (Å²) in [6.07, 6.45) is 0.367. The number of hydrogen-bond donors (Lipinski definition) is 2. The van der Waals surface area contributed by atoms with Crippen molar-refractivity contribution in [2.45, 2.75) is 52.2 Å². The van der Waals surface area contributed by atoms with Crippen molar-refractivity contribution in [2.24, 2.45) is 0 Å². The van der Waals surface area contributed by atoms with Gasteiger partial charge in [0, 0.05) is 24.7 Å². The number of rotatable bonds is 6. The van der Waals surface area contributed by atoms with Crippen molar-refractivity contribution in [3.8, 4) is 5.88 Å². The second-order valence-electron chi connectivity index (χ2n) is 5.83. The van der Waals surface area contributed by atoms with Gasteiger partial charge in [-0.1, -0.05) is 6.07 Å². The van der Waals surface area contributed by atoms with Gasteiger partial charge in [0.2, 0.25) is 11.8 Å². The maximum atomic E-state index is 11.6. The van der Waals surface area contributed by atoms with E-state index in [-0.39, 0.29) is 18.1 Å². The summed E-state index contributed by atoms with van der Waals surface area (Å²) >= 11 is 0. The van der Waals surface area contributed by atoms with Gasteiger partial charge in [-0.3, -0.25) is 4.79 Å². The Hall–Kier alpha value is -1.62. The normalized spacial score (nSPS) is 12.8. The van der Waals surface area contributed by atoms with Crippen LogP contribution in [0.1, 0.15) is 39.8 Å². The first-order chi connectivity index (χ1) is 9.26. The molecule has 0 aromatic carbocycles. The summed E-state index contributed by atoms with van der Waals surface area (Å²) in [5.74, 6) is 0.481.